The number of ether oxygens (including phenoxy) is 1. The van der Waals surface area contributed by atoms with Gasteiger partial charge in [0.05, 0.1) is 13.2 Å². The van der Waals surface area contributed by atoms with Gasteiger partial charge in [-0.25, -0.2) is 4.39 Å². The highest BCUT2D eigenvalue weighted by molar-refractivity contribution is 5.94. The lowest BCUT2D eigenvalue weighted by Crippen LogP contribution is -2.29. The smallest absolute Gasteiger partial charge is 0.252 e. The number of rotatable bonds is 5. The number of carbonyl (C=O) groups excluding carboxylic acids is 1. The molecule has 0 radical (unpaired) electrons. The van der Waals surface area contributed by atoms with Gasteiger partial charge in [0.25, 0.3) is 5.91 Å². The molecule has 25 heavy (non-hydrogen) atoms. The summed E-state index contributed by atoms with van der Waals surface area (Å²) in [7, 11) is 1.57. The molecule has 0 aliphatic carbocycles. The van der Waals surface area contributed by atoms with Gasteiger partial charge in [0.2, 0.25) is 0 Å². The number of halogens is 1. The largest absolute Gasteiger partial charge is 0.497 e. The van der Waals surface area contributed by atoms with Crippen LogP contribution in [0.15, 0.2) is 73.1 Å². The Bertz CT molecular complexity index is 834. The number of pyridine rings is 1. The van der Waals surface area contributed by atoms with Crippen molar-refractivity contribution in [3.8, 4) is 5.75 Å². The Hall–Kier alpha value is -3.21. The van der Waals surface area contributed by atoms with E-state index < -0.39 is 6.04 Å². The zero-order chi connectivity index (χ0) is 17.6. The van der Waals surface area contributed by atoms with Gasteiger partial charge in [-0.05, 0) is 59.7 Å². The third kappa shape index (κ3) is 4.01. The number of aromatic nitrogens is 1. The van der Waals surface area contributed by atoms with Crippen LogP contribution in [-0.4, -0.2) is 18.0 Å². The van der Waals surface area contributed by atoms with Crippen molar-refractivity contribution in [1.29, 1.82) is 0 Å². The quantitative estimate of drug-likeness (QED) is 0.772. The first-order chi connectivity index (χ1) is 12.2. The molecule has 3 aromatic rings. The van der Waals surface area contributed by atoms with E-state index in [2.05, 4.69) is 10.3 Å². The van der Waals surface area contributed by atoms with Crippen molar-refractivity contribution in [1.82, 2.24) is 10.3 Å². The second-order valence-electron chi connectivity index (χ2n) is 5.47. The summed E-state index contributed by atoms with van der Waals surface area (Å²) in [5.41, 5.74) is 2.17. The minimum absolute atomic E-state index is 0.228. The Morgan fingerprint density at radius 1 is 0.960 bits per heavy atom. The number of hydrogen-bond donors (Lipinski definition) is 1. The molecular formula is C20H17FN2O2. The molecule has 3 rings (SSSR count). The van der Waals surface area contributed by atoms with Crippen LogP contribution in [0.1, 0.15) is 27.5 Å². The molecule has 1 aromatic heterocycles. The summed E-state index contributed by atoms with van der Waals surface area (Å²) in [5.74, 6) is 0.133. The van der Waals surface area contributed by atoms with E-state index in [0.717, 1.165) is 11.1 Å². The lowest BCUT2D eigenvalue weighted by Gasteiger charge is -2.20. The van der Waals surface area contributed by atoms with Crippen molar-refractivity contribution >= 4 is 5.91 Å². The summed E-state index contributed by atoms with van der Waals surface area (Å²) in [6, 6.07) is 16.2. The summed E-state index contributed by atoms with van der Waals surface area (Å²) in [5, 5.41) is 2.99. The number of nitrogens with zero attached hydrogens (tertiary/aromatic N) is 1. The van der Waals surface area contributed by atoms with Gasteiger partial charge in [0.1, 0.15) is 11.6 Å². The van der Waals surface area contributed by atoms with E-state index in [1.54, 1.807) is 55.9 Å². The van der Waals surface area contributed by atoms with Gasteiger partial charge in [-0.15, -0.1) is 0 Å². The molecular weight excluding hydrogens is 319 g/mol. The van der Waals surface area contributed by atoms with E-state index in [4.69, 9.17) is 4.74 Å². The second-order valence-corrected chi connectivity index (χ2v) is 5.47. The fraction of sp³-hybridized carbons (Fsp3) is 0.100. The average molecular weight is 336 g/mol. The molecule has 1 atom stereocenters. The van der Waals surface area contributed by atoms with Crippen molar-refractivity contribution in [3.63, 3.8) is 0 Å². The normalized spacial score (nSPS) is 11.6. The molecule has 0 saturated carbocycles. The third-order valence-corrected chi connectivity index (χ3v) is 3.87. The number of carbonyl (C=O) groups is 1. The highest BCUT2D eigenvalue weighted by atomic mass is 19.1. The summed E-state index contributed by atoms with van der Waals surface area (Å²) in [6.07, 6.45) is 3.32. The van der Waals surface area contributed by atoms with E-state index >= 15 is 0 Å². The van der Waals surface area contributed by atoms with Crippen LogP contribution in [-0.2, 0) is 0 Å². The lowest BCUT2D eigenvalue weighted by molar-refractivity contribution is 0.0943. The standard InChI is InChI=1S/C20H17FN2O2/c1-25-18-8-4-16(5-9-18)20(24)23-19(15-10-12-22-13-11-15)14-2-6-17(21)7-3-14/h2-13,19H,1H3,(H,23,24). The van der Waals surface area contributed by atoms with E-state index in [-0.39, 0.29) is 11.7 Å². The maximum Gasteiger partial charge on any atom is 0.252 e. The second kappa shape index (κ2) is 7.57. The first kappa shape index (κ1) is 16.6. The minimum Gasteiger partial charge on any atom is -0.497 e. The molecule has 0 spiro atoms. The Morgan fingerprint density at radius 2 is 1.56 bits per heavy atom. The summed E-state index contributed by atoms with van der Waals surface area (Å²) >= 11 is 0. The van der Waals surface area contributed by atoms with Crippen molar-refractivity contribution in [2.45, 2.75) is 6.04 Å². The first-order valence-corrected chi connectivity index (χ1v) is 7.77. The van der Waals surface area contributed by atoms with Crippen molar-refractivity contribution in [2.24, 2.45) is 0 Å². The summed E-state index contributed by atoms with van der Waals surface area (Å²) < 4.78 is 18.3. The Morgan fingerprint density at radius 3 is 2.16 bits per heavy atom. The summed E-state index contributed by atoms with van der Waals surface area (Å²) in [4.78, 5) is 16.6. The molecule has 4 nitrogen and oxygen atoms in total. The van der Waals surface area contributed by atoms with Crippen LogP contribution in [0.3, 0.4) is 0 Å². The van der Waals surface area contributed by atoms with Crippen LogP contribution in [0.2, 0.25) is 0 Å². The number of hydrogen-bond acceptors (Lipinski definition) is 3. The SMILES string of the molecule is COc1ccc(C(=O)NC(c2ccncc2)c2ccc(F)cc2)cc1. The van der Waals surface area contributed by atoms with Crippen LogP contribution < -0.4 is 10.1 Å². The van der Waals surface area contributed by atoms with Gasteiger partial charge in [-0.2, -0.15) is 0 Å². The molecule has 5 heteroatoms. The molecule has 0 aliphatic rings. The molecule has 2 aromatic carbocycles. The molecule has 126 valence electrons. The van der Waals surface area contributed by atoms with E-state index in [1.165, 1.54) is 12.1 Å². The molecule has 0 fully saturated rings. The molecule has 1 heterocycles. The fourth-order valence-electron chi connectivity index (χ4n) is 2.53. The Labute approximate surface area is 145 Å². The topological polar surface area (TPSA) is 51.2 Å². The maximum atomic E-state index is 13.2. The van der Waals surface area contributed by atoms with Gasteiger partial charge in [-0.3, -0.25) is 9.78 Å². The maximum absolute atomic E-state index is 13.2. The highest BCUT2D eigenvalue weighted by Gasteiger charge is 2.18. The van der Waals surface area contributed by atoms with Gasteiger partial charge in [0.15, 0.2) is 0 Å². The zero-order valence-corrected chi connectivity index (χ0v) is 13.6. The van der Waals surface area contributed by atoms with Crippen LogP contribution >= 0.6 is 0 Å². The number of nitrogens with one attached hydrogen (secondary N) is 1. The van der Waals surface area contributed by atoms with E-state index in [9.17, 15) is 9.18 Å². The predicted molar refractivity (Wildman–Crippen MR) is 92.9 cm³/mol. The molecule has 1 unspecified atom stereocenters. The van der Waals surface area contributed by atoms with E-state index in [1.807, 2.05) is 12.1 Å². The lowest BCUT2D eigenvalue weighted by atomic mass is 9.99. The number of methoxy groups -OCH3 is 1. The molecule has 1 N–H and O–H groups in total. The summed E-state index contributed by atoms with van der Waals surface area (Å²) in [6.45, 7) is 0. The molecule has 1 amide bonds. The molecule has 0 saturated heterocycles. The monoisotopic (exact) mass is 336 g/mol. The van der Waals surface area contributed by atoms with E-state index in [0.29, 0.717) is 11.3 Å². The minimum atomic E-state index is -0.404. The van der Waals surface area contributed by atoms with Crippen LogP contribution in [0.4, 0.5) is 4.39 Å². The molecule has 0 bridgehead atoms. The van der Waals surface area contributed by atoms with Gasteiger partial charge < -0.3 is 10.1 Å². The first-order valence-electron chi connectivity index (χ1n) is 7.77. The van der Waals surface area contributed by atoms with Crippen LogP contribution in [0, 0.1) is 5.82 Å². The number of benzene rings is 2. The van der Waals surface area contributed by atoms with Crippen LogP contribution in [0.25, 0.3) is 0 Å². The van der Waals surface area contributed by atoms with Crippen molar-refractivity contribution in [3.05, 3.63) is 95.6 Å². The molecule has 0 aliphatic heterocycles. The van der Waals surface area contributed by atoms with Crippen LogP contribution in [0.5, 0.6) is 5.75 Å². The Kier molecular flexibility index (Phi) is 5.04. The number of amides is 1. The van der Waals surface area contributed by atoms with Crippen molar-refractivity contribution in [2.75, 3.05) is 7.11 Å². The fourth-order valence-corrected chi connectivity index (χ4v) is 2.53. The Balaban J connectivity index is 1.89. The highest BCUT2D eigenvalue weighted by Crippen LogP contribution is 2.23. The third-order valence-electron chi connectivity index (χ3n) is 3.87. The average Bonchev–Trinajstić information content (AvgIpc) is 2.67. The predicted octanol–water partition coefficient (Wildman–Crippen LogP) is 3.75. The zero-order valence-electron chi connectivity index (χ0n) is 13.6. The van der Waals surface area contributed by atoms with Gasteiger partial charge >= 0.3 is 0 Å². The van der Waals surface area contributed by atoms with Crippen molar-refractivity contribution < 1.29 is 13.9 Å². The van der Waals surface area contributed by atoms with Gasteiger partial charge in [0, 0.05) is 18.0 Å². The van der Waals surface area contributed by atoms with Gasteiger partial charge in [-0.1, -0.05) is 12.1 Å².